The summed E-state index contributed by atoms with van der Waals surface area (Å²) in [5.41, 5.74) is 0.961. The molecule has 0 heterocycles. The summed E-state index contributed by atoms with van der Waals surface area (Å²) in [6.45, 7) is -3.01. The number of rotatable bonds is 13. The highest BCUT2D eigenvalue weighted by Crippen LogP contribution is 2.48. The molecule has 0 fully saturated rings. The molecule has 0 aliphatic rings. The van der Waals surface area contributed by atoms with Gasteiger partial charge in [-0.1, -0.05) is 0 Å². The van der Waals surface area contributed by atoms with Crippen molar-refractivity contribution < 1.29 is 37.4 Å². The van der Waals surface area contributed by atoms with Gasteiger partial charge in [0.25, 0.3) is 0 Å². The molecule has 3 aromatic rings. The maximum absolute atomic E-state index is 13.3. The van der Waals surface area contributed by atoms with Gasteiger partial charge in [-0.25, -0.2) is 0 Å². The molecular formula is C26H28BrF2N3O7. The third kappa shape index (κ3) is 6.72. The molecule has 1 N–H and O–H groups in total. The Labute approximate surface area is 232 Å². The van der Waals surface area contributed by atoms with Gasteiger partial charge in [0.2, 0.25) is 0 Å². The van der Waals surface area contributed by atoms with E-state index in [9.17, 15) is 18.9 Å². The summed E-state index contributed by atoms with van der Waals surface area (Å²) in [5, 5.41) is 15.1. The molecule has 10 nitrogen and oxygen atoms in total. The Morgan fingerprint density at radius 2 is 1.41 bits per heavy atom. The third-order valence-electron chi connectivity index (χ3n) is 5.87. The fraction of sp³-hybridized carbons (Fsp3) is 0.308. The summed E-state index contributed by atoms with van der Waals surface area (Å²) in [7, 11) is 7.47. The van der Waals surface area contributed by atoms with Crippen LogP contribution in [0.4, 0.5) is 25.8 Å². The van der Waals surface area contributed by atoms with Gasteiger partial charge in [0.1, 0.15) is 40.1 Å². The van der Waals surface area contributed by atoms with Crippen molar-refractivity contribution in [2.24, 2.45) is 0 Å². The summed E-state index contributed by atoms with van der Waals surface area (Å²) in [4.78, 5) is 13.4. The summed E-state index contributed by atoms with van der Waals surface area (Å²) < 4.78 is 53.0. The number of hydrogen-bond acceptors (Lipinski definition) is 9. The number of nitro groups is 1. The first-order valence-corrected chi connectivity index (χ1v) is 12.3. The molecule has 0 saturated heterocycles. The van der Waals surface area contributed by atoms with Crippen LogP contribution in [0.3, 0.4) is 0 Å². The van der Waals surface area contributed by atoms with Gasteiger partial charge in [-0.05, 0) is 40.2 Å². The molecular weight excluding hydrogens is 584 g/mol. The lowest BCUT2D eigenvalue weighted by Gasteiger charge is -2.29. The maximum atomic E-state index is 13.3. The highest BCUT2D eigenvalue weighted by atomic mass is 79.9. The number of methoxy groups -OCH3 is 4. The van der Waals surface area contributed by atoms with Crippen molar-refractivity contribution in [3.8, 4) is 28.7 Å². The number of hydrogen-bond donors (Lipinski definition) is 1. The summed E-state index contributed by atoms with van der Waals surface area (Å²) in [6, 6.07) is 11.5. The fourth-order valence-corrected chi connectivity index (χ4v) is 4.69. The van der Waals surface area contributed by atoms with Crippen LogP contribution in [0.1, 0.15) is 11.1 Å². The van der Waals surface area contributed by atoms with E-state index in [1.54, 1.807) is 41.3 Å². The van der Waals surface area contributed by atoms with Gasteiger partial charge in [0, 0.05) is 49.5 Å². The molecule has 3 rings (SSSR count). The Morgan fingerprint density at radius 3 is 1.79 bits per heavy atom. The normalized spacial score (nSPS) is 10.7. The van der Waals surface area contributed by atoms with Crippen molar-refractivity contribution in [3.63, 3.8) is 0 Å². The van der Waals surface area contributed by atoms with Crippen molar-refractivity contribution in [2.75, 3.05) is 45.7 Å². The van der Waals surface area contributed by atoms with Crippen molar-refractivity contribution in [1.82, 2.24) is 0 Å². The number of nitro benzene ring substituents is 1. The minimum atomic E-state index is -3.16. The van der Waals surface area contributed by atoms with Crippen molar-refractivity contribution in [1.29, 1.82) is 0 Å². The zero-order chi connectivity index (χ0) is 28.7. The van der Waals surface area contributed by atoms with Crippen molar-refractivity contribution >= 4 is 33.0 Å². The average Bonchev–Trinajstić information content (AvgIpc) is 2.93. The molecule has 0 radical (unpaired) electrons. The molecule has 3 aromatic carbocycles. The highest BCUT2D eigenvalue weighted by molar-refractivity contribution is 9.10. The van der Waals surface area contributed by atoms with Gasteiger partial charge in [0.15, 0.2) is 0 Å². The summed E-state index contributed by atoms with van der Waals surface area (Å²) in [6.07, 6.45) is 0. The molecule has 0 spiro atoms. The molecule has 0 saturated carbocycles. The summed E-state index contributed by atoms with van der Waals surface area (Å²) in [5.74, 6) is 1.76. The number of ether oxygens (including phenoxy) is 5. The molecule has 0 bridgehead atoms. The van der Waals surface area contributed by atoms with E-state index in [0.29, 0.717) is 34.1 Å². The molecule has 0 aliphatic carbocycles. The standard InChI is InChI=1S/C26H28BrF2N3O7/c1-30-19-12-22(39-26(28)29)23(27)25(24(19)32(33)34)31(13-15-6-8-17(35-2)10-20(15)37-4)14-16-7-9-18(36-3)11-21(16)38-5/h6-12,26,30H,13-14H2,1-5H3. The molecule has 0 unspecified atom stereocenters. The molecule has 13 heteroatoms. The first-order valence-electron chi connectivity index (χ1n) is 11.5. The third-order valence-corrected chi connectivity index (χ3v) is 6.64. The monoisotopic (exact) mass is 611 g/mol. The minimum absolute atomic E-state index is 0.0118. The molecule has 39 heavy (non-hydrogen) atoms. The predicted molar refractivity (Wildman–Crippen MR) is 146 cm³/mol. The number of benzene rings is 3. The van der Waals surface area contributed by atoms with Crippen LogP contribution in [-0.4, -0.2) is 47.0 Å². The van der Waals surface area contributed by atoms with Crippen molar-refractivity contribution in [3.05, 3.63) is 68.2 Å². The van der Waals surface area contributed by atoms with Gasteiger partial charge < -0.3 is 33.9 Å². The van der Waals surface area contributed by atoms with Crippen LogP contribution in [0.2, 0.25) is 0 Å². The topological polar surface area (TPSA) is 105 Å². The predicted octanol–water partition coefficient (Wildman–Crippen LogP) is 6.24. The van der Waals surface area contributed by atoms with E-state index in [4.69, 9.17) is 23.7 Å². The first kappa shape index (κ1) is 29.6. The van der Waals surface area contributed by atoms with E-state index in [1.165, 1.54) is 35.5 Å². The van der Waals surface area contributed by atoms with Crippen LogP contribution in [-0.2, 0) is 13.1 Å². The Bertz CT molecular complexity index is 1270. The van der Waals surface area contributed by atoms with Crippen LogP contribution in [0.5, 0.6) is 28.7 Å². The second kappa shape index (κ2) is 13.2. The molecule has 210 valence electrons. The highest BCUT2D eigenvalue weighted by Gasteiger charge is 2.32. The van der Waals surface area contributed by atoms with Gasteiger partial charge >= 0.3 is 12.3 Å². The summed E-state index contributed by atoms with van der Waals surface area (Å²) >= 11 is 3.30. The lowest BCUT2D eigenvalue weighted by molar-refractivity contribution is -0.383. The lowest BCUT2D eigenvalue weighted by atomic mass is 10.1. The lowest BCUT2D eigenvalue weighted by Crippen LogP contribution is -2.25. The van der Waals surface area contributed by atoms with Crippen LogP contribution in [0.25, 0.3) is 0 Å². The van der Waals surface area contributed by atoms with Crippen LogP contribution >= 0.6 is 15.9 Å². The SMILES string of the molecule is CNc1cc(OC(F)F)c(Br)c(N(Cc2ccc(OC)cc2OC)Cc2ccc(OC)cc2OC)c1[N+](=O)[O-]. The van der Waals surface area contributed by atoms with Crippen LogP contribution < -0.4 is 33.9 Å². The van der Waals surface area contributed by atoms with E-state index < -0.39 is 11.5 Å². The van der Waals surface area contributed by atoms with E-state index in [1.807, 2.05) is 0 Å². The van der Waals surface area contributed by atoms with Crippen LogP contribution in [0.15, 0.2) is 46.9 Å². The second-order valence-corrected chi connectivity index (χ2v) is 8.82. The van der Waals surface area contributed by atoms with E-state index in [0.717, 1.165) is 6.07 Å². The number of halogens is 3. The van der Waals surface area contributed by atoms with E-state index >= 15 is 0 Å². The Hall–Kier alpha value is -4.00. The second-order valence-electron chi connectivity index (χ2n) is 8.03. The number of nitrogens with zero attached hydrogens (tertiary/aromatic N) is 2. The number of alkyl halides is 2. The largest absolute Gasteiger partial charge is 0.497 e. The van der Waals surface area contributed by atoms with Crippen LogP contribution in [0, 0.1) is 10.1 Å². The smallest absolute Gasteiger partial charge is 0.387 e. The van der Waals surface area contributed by atoms with E-state index in [2.05, 4.69) is 21.2 Å². The van der Waals surface area contributed by atoms with Gasteiger partial charge in [0.05, 0.1) is 37.8 Å². The first-order chi connectivity index (χ1) is 18.7. The van der Waals surface area contributed by atoms with Crippen molar-refractivity contribution in [2.45, 2.75) is 19.7 Å². The quantitative estimate of drug-likeness (QED) is 0.177. The minimum Gasteiger partial charge on any atom is -0.497 e. The zero-order valence-electron chi connectivity index (χ0n) is 21.9. The molecule has 0 amide bonds. The van der Waals surface area contributed by atoms with Gasteiger partial charge in [-0.3, -0.25) is 10.1 Å². The molecule has 0 atom stereocenters. The Kier molecular flexibility index (Phi) is 9.99. The zero-order valence-corrected chi connectivity index (χ0v) is 23.5. The van der Waals surface area contributed by atoms with Gasteiger partial charge in [-0.2, -0.15) is 8.78 Å². The molecule has 0 aliphatic heterocycles. The number of anilines is 2. The Balaban J connectivity index is 2.29. The maximum Gasteiger partial charge on any atom is 0.387 e. The number of nitrogens with one attached hydrogen (secondary N) is 1. The average molecular weight is 612 g/mol. The fourth-order valence-electron chi connectivity index (χ4n) is 4.05. The van der Waals surface area contributed by atoms with E-state index in [-0.39, 0.29) is 40.4 Å². The van der Waals surface area contributed by atoms with Gasteiger partial charge in [-0.15, -0.1) is 0 Å². The molecule has 0 aromatic heterocycles. The Morgan fingerprint density at radius 1 is 0.897 bits per heavy atom.